The number of imidazole rings is 1. The van der Waals surface area contributed by atoms with Crippen LogP contribution in [0, 0.1) is 13.8 Å². The smallest absolute Gasteiger partial charge is 0.139 e. The van der Waals surface area contributed by atoms with Gasteiger partial charge in [-0.2, -0.15) is 0 Å². The molecule has 1 heterocycles. The first kappa shape index (κ1) is 11.1. The lowest BCUT2D eigenvalue weighted by atomic mass is 10.1. The minimum atomic E-state index is 0.663. The zero-order chi connectivity index (χ0) is 11.5. The zero-order valence-electron chi connectivity index (χ0n) is 9.45. The van der Waals surface area contributed by atoms with Crippen molar-refractivity contribution >= 4 is 17.6 Å². The van der Waals surface area contributed by atoms with Crippen LogP contribution >= 0.6 is 11.8 Å². The van der Waals surface area contributed by atoms with Crippen molar-refractivity contribution in [3.63, 3.8) is 0 Å². The largest absolute Gasteiger partial charge is 0.383 e. The van der Waals surface area contributed by atoms with E-state index in [0.717, 1.165) is 16.6 Å². The second-order valence-electron chi connectivity index (χ2n) is 3.76. The first-order chi connectivity index (χ1) is 7.66. The highest BCUT2D eigenvalue weighted by atomic mass is 32.2. The van der Waals surface area contributed by atoms with Crippen LogP contribution in [-0.4, -0.2) is 9.97 Å². The number of nitrogen functional groups attached to an aromatic ring is 1. The van der Waals surface area contributed by atoms with Crippen LogP contribution < -0.4 is 5.73 Å². The van der Waals surface area contributed by atoms with Gasteiger partial charge in [0.1, 0.15) is 16.7 Å². The second-order valence-corrected chi connectivity index (χ2v) is 4.72. The highest BCUT2D eigenvalue weighted by molar-refractivity contribution is 7.98. The minimum Gasteiger partial charge on any atom is -0.383 e. The van der Waals surface area contributed by atoms with Gasteiger partial charge < -0.3 is 10.7 Å². The summed E-state index contributed by atoms with van der Waals surface area (Å²) >= 11 is 1.67. The molecule has 0 aliphatic rings. The molecule has 0 fully saturated rings. The quantitative estimate of drug-likeness (QED) is 0.801. The number of nitrogens with two attached hydrogens (primary N) is 1. The predicted octanol–water partition coefficient (Wildman–Crippen LogP) is 2.90. The number of aromatic amines is 1. The van der Waals surface area contributed by atoms with Crippen molar-refractivity contribution in [1.29, 1.82) is 0 Å². The lowest BCUT2D eigenvalue weighted by Gasteiger charge is -2.03. The summed E-state index contributed by atoms with van der Waals surface area (Å²) in [6.07, 6.45) is 0. The molecule has 0 radical (unpaired) electrons. The van der Waals surface area contributed by atoms with Gasteiger partial charge in [-0.05, 0) is 25.0 Å². The van der Waals surface area contributed by atoms with Gasteiger partial charge in [-0.25, -0.2) is 4.98 Å². The van der Waals surface area contributed by atoms with Gasteiger partial charge in [-0.3, -0.25) is 0 Å². The third-order valence-electron chi connectivity index (χ3n) is 2.44. The number of aryl methyl sites for hydroxylation is 2. The molecule has 0 spiro atoms. The van der Waals surface area contributed by atoms with E-state index in [-0.39, 0.29) is 0 Å². The molecule has 0 saturated heterocycles. The fourth-order valence-electron chi connectivity index (χ4n) is 1.52. The van der Waals surface area contributed by atoms with Crippen LogP contribution in [0.25, 0.3) is 0 Å². The van der Waals surface area contributed by atoms with Gasteiger partial charge in [-0.15, -0.1) is 0 Å². The van der Waals surface area contributed by atoms with Gasteiger partial charge in [0.15, 0.2) is 0 Å². The molecule has 0 aliphatic heterocycles. The van der Waals surface area contributed by atoms with Gasteiger partial charge in [0.25, 0.3) is 0 Å². The van der Waals surface area contributed by atoms with E-state index in [2.05, 4.69) is 41.2 Å². The first-order valence-electron chi connectivity index (χ1n) is 5.16. The Hall–Kier alpha value is -1.42. The van der Waals surface area contributed by atoms with Gasteiger partial charge in [-0.1, -0.05) is 36.0 Å². The van der Waals surface area contributed by atoms with E-state index in [1.807, 2.05) is 6.92 Å². The van der Waals surface area contributed by atoms with Crippen molar-refractivity contribution in [3.05, 3.63) is 41.2 Å². The maximum Gasteiger partial charge on any atom is 0.139 e. The Balaban J connectivity index is 2.08. The Kier molecular flexibility index (Phi) is 3.19. The van der Waals surface area contributed by atoms with Crippen molar-refractivity contribution in [2.45, 2.75) is 24.6 Å². The normalized spacial score (nSPS) is 10.6. The fourth-order valence-corrected chi connectivity index (χ4v) is 2.54. The molecular formula is C12H15N3S. The summed E-state index contributed by atoms with van der Waals surface area (Å²) in [5.74, 6) is 2.43. The van der Waals surface area contributed by atoms with E-state index in [4.69, 9.17) is 5.73 Å². The second kappa shape index (κ2) is 4.61. The zero-order valence-corrected chi connectivity index (χ0v) is 10.3. The van der Waals surface area contributed by atoms with Crippen LogP contribution in [0.1, 0.15) is 17.0 Å². The SMILES string of the molecule is Cc1nc(SCc2ccccc2C)c(N)[nH]1. The third-order valence-corrected chi connectivity index (χ3v) is 3.48. The van der Waals surface area contributed by atoms with Crippen LogP contribution in [0.4, 0.5) is 5.82 Å². The number of H-pyrrole nitrogens is 1. The minimum absolute atomic E-state index is 0.663. The Bertz CT molecular complexity index is 491. The van der Waals surface area contributed by atoms with Crippen LogP contribution in [0.3, 0.4) is 0 Å². The topological polar surface area (TPSA) is 54.7 Å². The van der Waals surface area contributed by atoms with Crippen molar-refractivity contribution in [1.82, 2.24) is 9.97 Å². The lowest BCUT2D eigenvalue weighted by Crippen LogP contribution is -1.89. The summed E-state index contributed by atoms with van der Waals surface area (Å²) in [6.45, 7) is 4.03. The molecule has 2 aromatic rings. The van der Waals surface area contributed by atoms with E-state index in [0.29, 0.717) is 5.82 Å². The molecule has 0 aliphatic carbocycles. The first-order valence-corrected chi connectivity index (χ1v) is 6.15. The number of nitrogens with one attached hydrogen (secondary N) is 1. The molecule has 16 heavy (non-hydrogen) atoms. The molecule has 84 valence electrons. The molecule has 1 aromatic carbocycles. The Morgan fingerprint density at radius 2 is 2.06 bits per heavy atom. The fraction of sp³-hybridized carbons (Fsp3) is 0.250. The summed E-state index contributed by atoms with van der Waals surface area (Å²) < 4.78 is 0. The molecule has 3 N–H and O–H groups in total. The molecule has 0 amide bonds. The lowest BCUT2D eigenvalue weighted by molar-refractivity contribution is 1.10. The maximum absolute atomic E-state index is 5.80. The standard InChI is InChI=1S/C12H15N3S/c1-8-5-3-4-6-10(8)7-16-12-11(13)14-9(2)15-12/h3-6H,7,13H2,1-2H3,(H,14,15). The monoisotopic (exact) mass is 233 g/mol. The molecule has 2 rings (SSSR count). The Labute approximate surface area is 99.5 Å². The van der Waals surface area contributed by atoms with Gasteiger partial charge >= 0.3 is 0 Å². The maximum atomic E-state index is 5.80. The van der Waals surface area contributed by atoms with E-state index in [1.54, 1.807) is 11.8 Å². The van der Waals surface area contributed by atoms with Crippen LogP contribution in [-0.2, 0) is 5.75 Å². The molecule has 4 heteroatoms. The number of rotatable bonds is 3. The highest BCUT2D eigenvalue weighted by Gasteiger charge is 2.06. The van der Waals surface area contributed by atoms with Gasteiger partial charge in [0.2, 0.25) is 0 Å². The average Bonchev–Trinajstić information content (AvgIpc) is 2.56. The van der Waals surface area contributed by atoms with Crippen molar-refractivity contribution < 1.29 is 0 Å². The summed E-state index contributed by atoms with van der Waals surface area (Å²) in [7, 11) is 0. The number of nitrogens with zero attached hydrogens (tertiary/aromatic N) is 1. The summed E-state index contributed by atoms with van der Waals surface area (Å²) in [6, 6.07) is 8.37. The van der Waals surface area contributed by atoms with Crippen LogP contribution in [0.15, 0.2) is 29.3 Å². The molecule has 0 bridgehead atoms. The predicted molar refractivity (Wildman–Crippen MR) is 68.5 cm³/mol. The van der Waals surface area contributed by atoms with Crippen molar-refractivity contribution in [2.24, 2.45) is 0 Å². The van der Waals surface area contributed by atoms with E-state index in [9.17, 15) is 0 Å². The van der Waals surface area contributed by atoms with Gasteiger partial charge in [0.05, 0.1) is 0 Å². The summed E-state index contributed by atoms with van der Waals surface area (Å²) in [5.41, 5.74) is 8.44. The van der Waals surface area contributed by atoms with Crippen LogP contribution in [0.2, 0.25) is 0 Å². The number of benzene rings is 1. The van der Waals surface area contributed by atoms with E-state index in [1.165, 1.54) is 11.1 Å². The molecule has 0 atom stereocenters. The number of thioether (sulfide) groups is 1. The number of aromatic nitrogens is 2. The van der Waals surface area contributed by atoms with E-state index < -0.39 is 0 Å². The van der Waals surface area contributed by atoms with Crippen molar-refractivity contribution in [3.8, 4) is 0 Å². The average molecular weight is 233 g/mol. The molecule has 0 saturated carbocycles. The Morgan fingerprint density at radius 1 is 1.31 bits per heavy atom. The summed E-state index contributed by atoms with van der Waals surface area (Å²) in [5, 5.41) is 0.890. The van der Waals surface area contributed by atoms with Crippen molar-refractivity contribution in [2.75, 3.05) is 5.73 Å². The Morgan fingerprint density at radius 3 is 2.69 bits per heavy atom. The highest BCUT2D eigenvalue weighted by Crippen LogP contribution is 2.26. The molecular weight excluding hydrogens is 218 g/mol. The number of anilines is 1. The molecule has 1 aromatic heterocycles. The number of hydrogen-bond donors (Lipinski definition) is 2. The number of hydrogen-bond acceptors (Lipinski definition) is 3. The molecule has 0 unspecified atom stereocenters. The molecule has 3 nitrogen and oxygen atoms in total. The van der Waals surface area contributed by atoms with Gasteiger partial charge in [0, 0.05) is 5.75 Å². The third kappa shape index (κ3) is 2.39. The summed E-state index contributed by atoms with van der Waals surface area (Å²) in [4.78, 5) is 7.34. The van der Waals surface area contributed by atoms with Crippen LogP contribution in [0.5, 0.6) is 0 Å². The van der Waals surface area contributed by atoms with E-state index >= 15 is 0 Å².